The van der Waals surface area contributed by atoms with Crippen molar-refractivity contribution in [2.75, 3.05) is 7.11 Å². The van der Waals surface area contributed by atoms with Crippen LogP contribution in [0.15, 0.2) is 24.3 Å². The fraction of sp³-hybridized carbons (Fsp3) is 0.300. The SMILES string of the molecule is COC(Cc1ccc(O)cc1)C(=O)O.[LiH]. The van der Waals surface area contributed by atoms with Gasteiger partial charge < -0.3 is 14.9 Å². The van der Waals surface area contributed by atoms with Crippen LogP contribution in [0.25, 0.3) is 0 Å². The van der Waals surface area contributed by atoms with E-state index in [0.717, 1.165) is 5.56 Å². The standard InChI is InChI=1S/C10H12O4.Li.H/c1-14-9(10(12)13)6-7-2-4-8(11)5-3-7;;/h2-5,9,11H,6H2,1H3,(H,12,13);;. The number of ether oxygens (including phenoxy) is 1. The Hall–Kier alpha value is -0.953. The van der Waals surface area contributed by atoms with Gasteiger partial charge in [0.05, 0.1) is 0 Å². The number of rotatable bonds is 4. The number of aromatic hydroxyl groups is 1. The zero-order chi connectivity index (χ0) is 10.6. The minimum atomic E-state index is -0.986. The third-order valence-electron chi connectivity index (χ3n) is 1.92. The normalized spacial score (nSPS) is 11.5. The number of hydrogen-bond acceptors (Lipinski definition) is 3. The van der Waals surface area contributed by atoms with Crippen molar-refractivity contribution < 1.29 is 19.7 Å². The summed E-state index contributed by atoms with van der Waals surface area (Å²) in [6.07, 6.45) is -0.536. The average Bonchev–Trinajstić information content (AvgIpc) is 2.16. The summed E-state index contributed by atoms with van der Waals surface area (Å²) in [5, 5.41) is 17.7. The van der Waals surface area contributed by atoms with E-state index in [-0.39, 0.29) is 24.6 Å². The van der Waals surface area contributed by atoms with Gasteiger partial charge >= 0.3 is 24.8 Å². The van der Waals surface area contributed by atoms with Crippen molar-refractivity contribution in [3.8, 4) is 5.75 Å². The molecule has 4 nitrogen and oxygen atoms in total. The van der Waals surface area contributed by atoms with Crippen LogP contribution >= 0.6 is 0 Å². The van der Waals surface area contributed by atoms with Gasteiger partial charge in [-0.1, -0.05) is 12.1 Å². The van der Waals surface area contributed by atoms with Gasteiger partial charge in [0, 0.05) is 13.5 Å². The topological polar surface area (TPSA) is 66.8 Å². The monoisotopic (exact) mass is 204 g/mol. The predicted octanol–water partition coefficient (Wildman–Crippen LogP) is 0.386. The first kappa shape index (κ1) is 14.0. The quantitative estimate of drug-likeness (QED) is 0.696. The summed E-state index contributed by atoms with van der Waals surface area (Å²) >= 11 is 0. The molecule has 0 aliphatic rings. The van der Waals surface area contributed by atoms with Crippen LogP contribution in [0.5, 0.6) is 5.75 Å². The first-order chi connectivity index (χ1) is 6.63. The van der Waals surface area contributed by atoms with Crippen LogP contribution < -0.4 is 0 Å². The number of phenols is 1. The second-order valence-corrected chi connectivity index (χ2v) is 2.93. The van der Waals surface area contributed by atoms with E-state index in [1.165, 1.54) is 19.2 Å². The van der Waals surface area contributed by atoms with Crippen LogP contribution in [0.4, 0.5) is 0 Å². The molecule has 0 radical (unpaired) electrons. The Kier molecular flexibility index (Phi) is 6.10. The maximum absolute atomic E-state index is 10.6. The fourth-order valence-corrected chi connectivity index (χ4v) is 1.12. The first-order valence-electron chi connectivity index (χ1n) is 4.17. The first-order valence-corrected chi connectivity index (χ1v) is 4.17. The molecule has 2 N–H and O–H groups in total. The average molecular weight is 204 g/mol. The molecule has 0 aliphatic heterocycles. The molecule has 0 heterocycles. The predicted molar refractivity (Wildman–Crippen MR) is 57.4 cm³/mol. The summed E-state index contributed by atoms with van der Waals surface area (Å²) in [6.45, 7) is 0. The van der Waals surface area contributed by atoms with Crippen molar-refractivity contribution in [3.05, 3.63) is 29.8 Å². The number of phenolic OH excluding ortho intramolecular Hbond substituents is 1. The van der Waals surface area contributed by atoms with E-state index in [0.29, 0.717) is 6.42 Å². The van der Waals surface area contributed by atoms with Crippen molar-refractivity contribution in [2.24, 2.45) is 0 Å². The Bertz CT molecular complexity index is 310. The van der Waals surface area contributed by atoms with Crippen LogP contribution in [-0.2, 0) is 16.0 Å². The van der Waals surface area contributed by atoms with E-state index in [9.17, 15) is 4.79 Å². The van der Waals surface area contributed by atoms with Crippen LogP contribution in [0, 0.1) is 0 Å². The molecular formula is C10H13LiO4. The van der Waals surface area contributed by atoms with Crippen molar-refractivity contribution in [3.63, 3.8) is 0 Å². The van der Waals surface area contributed by atoms with E-state index >= 15 is 0 Å². The summed E-state index contributed by atoms with van der Waals surface area (Å²) in [5.41, 5.74) is 0.817. The molecule has 0 saturated carbocycles. The fourth-order valence-electron chi connectivity index (χ4n) is 1.12. The van der Waals surface area contributed by atoms with Gasteiger partial charge in [0.2, 0.25) is 0 Å². The zero-order valence-corrected chi connectivity index (χ0v) is 7.80. The number of hydrogen-bond donors (Lipinski definition) is 2. The van der Waals surface area contributed by atoms with Crippen LogP contribution in [0.2, 0.25) is 0 Å². The maximum atomic E-state index is 10.6. The Morgan fingerprint density at radius 1 is 1.40 bits per heavy atom. The molecular weight excluding hydrogens is 191 g/mol. The molecule has 1 atom stereocenters. The number of aliphatic carboxylic acids is 1. The van der Waals surface area contributed by atoms with Crippen LogP contribution in [0.3, 0.4) is 0 Å². The van der Waals surface area contributed by atoms with E-state index in [1.54, 1.807) is 12.1 Å². The zero-order valence-electron chi connectivity index (χ0n) is 7.80. The Balaban J connectivity index is 0.00000196. The third kappa shape index (κ3) is 4.39. The van der Waals surface area contributed by atoms with Crippen molar-refractivity contribution >= 4 is 24.8 Å². The van der Waals surface area contributed by atoms with Gasteiger partial charge in [-0.15, -0.1) is 0 Å². The molecule has 1 aromatic carbocycles. The molecule has 78 valence electrons. The minimum absolute atomic E-state index is 0. The van der Waals surface area contributed by atoms with Crippen molar-refractivity contribution in [1.29, 1.82) is 0 Å². The molecule has 0 saturated heterocycles. The molecule has 5 heteroatoms. The molecule has 15 heavy (non-hydrogen) atoms. The van der Waals surface area contributed by atoms with Gasteiger partial charge in [0.15, 0.2) is 6.10 Å². The Morgan fingerprint density at radius 2 is 1.93 bits per heavy atom. The molecule has 0 fully saturated rings. The van der Waals surface area contributed by atoms with E-state index < -0.39 is 12.1 Å². The number of benzene rings is 1. The molecule has 0 aromatic heterocycles. The van der Waals surface area contributed by atoms with Crippen LogP contribution in [0.1, 0.15) is 5.56 Å². The third-order valence-corrected chi connectivity index (χ3v) is 1.92. The summed E-state index contributed by atoms with van der Waals surface area (Å²) in [6, 6.07) is 6.38. The van der Waals surface area contributed by atoms with Gasteiger partial charge in [0.25, 0.3) is 0 Å². The van der Waals surface area contributed by atoms with Gasteiger partial charge in [0.1, 0.15) is 5.75 Å². The van der Waals surface area contributed by atoms with E-state index in [4.69, 9.17) is 14.9 Å². The number of carboxylic acid groups (broad SMARTS) is 1. The van der Waals surface area contributed by atoms with Crippen molar-refractivity contribution in [1.82, 2.24) is 0 Å². The molecule has 0 spiro atoms. The van der Waals surface area contributed by atoms with Gasteiger partial charge in [-0.25, -0.2) is 4.79 Å². The Morgan fingerprint density at radius 3 is 2.33 bits per heavy atom. The summed E-state index contributed by atoms with van der Waals surface area (Å²) in [4.78, 5) is 10.6. The van der Waals surface area contributed by atoms with Gasteiger partial charge in [-0.05, 0) is 17.7 Å². The molecule has 0 amide bonds. The molecule has 0 bridgehead atoms. The second kappa shape index (κ2) is 6.52. The second-order valence-electron chi connectivity index (χ2n) is 2.93. The molecule has 1 aromatic rings. The number of carboxylic acids is 1. The van der Waals surface area contributed by atoms with Gasteiger partial charge in [-0.2, -0.15) is 0 Å². The Labute approximate surface area is 100 Å². The van der Waals surface area contributed by atoms with E-state index in [2.05, 4.69) is 0 Å². The molecule has 0 aliphatic carbocycles. The number of methoxy groups -OCH3 is 1. The summed E-state index contributed by atoms with van der Waals surface area (Å²) in [7, 11) is 1.36. The molecule has 1 rings (SSSR count). The summed E-state index contributed by atoms with van der Waals surface area (Å²) in [5.74, 6) is -0.821. The van der Waals surface area contributed by atoms with Crippen LogP contribution in [-0.4, -0.2) is 48.3 Å². The van der Waals surface area contributed by atoms with Crippen molar-refractivity contribution in [2.45, 2.75) is 12.5 Å². The van der Waals surface area contributed by atoms with E-state index in [1.807, 2.05) is 0 Å². The molecule has 1 unspecified atom stereocenters. The number of carbonyl (C=O) groups is 1. The van der Waals surface area contributed by atoms with Gasteiger partial charge in [-0.3, -0.25) is 0 Å². The summed E-state index contributed by atoms with van der Waals surface area (Å²) < 4.78 is 4.78.